The second kappa shape index (κ2) is 13.0. The average molecular weight is 570 g/mol. The summed E-state index contributed by atoms with van der Waals surface area (Å²) in [5.41, 5.74) is 8.30. The van der Waals surface area contributed by atoms with Crippen LogP contribution in [-0.4, -0.2) is 90.3 Å². The second-order valence-electron chi connectivity index (χ2n) is 12.8. The van der Waals surface area contributed by atoms with Gasteiger partial charge in [-0.1, -0.05) is 6.07 Å². The Morgan fingerprint density at radius 3 is 2.67 bits per heavy atom. The molecule has 6 rings (SSSR count). The number of pyridine rings is 1. The van der Waals surface area contributed by atoms with Crippen LogP contribution in [0.2, 0.25) is 0 Å². The highest BCUT2D eigenvalue weighted by molar-refractivity contribution is 5.59. The standard InChI is InChI=1S/C34H47N7O/c1-25-19-26(2)41(37-25)33-21-30(20-32(22-33)40-16-14-38(3)15-17-40)29(11-18-42)24-39-13-10-27(23-39)6-8-31-9-7-28-5-4-12-35-34(28)36-31/h7,9,18-22,27,29H,4-6,8,10-17,23-24H2,1-3H3,(H,35,36). The number of carbonyl (C=O) groups excluding carboxylic acids is 1. The first-order chi connectivity index (χ1) is 20.4. The van der Waals surface area contributed by atoms with Gasteiger partial charge in [0.05, 0.1) is 11.4 Å². The molecule has 5 heterocycles. The van der Waals surface area contributed by atoms with Gasteiger partial charge in [-0.2, -0.15) is 5.10 Å². The minimum Gasteiger partial charge on any atom is -0.370 e. The minimum absolute atomic E-state index is 0.165. The molecular formula is C34H47N7O. The topological polar surface area (TPSA) is 69.5 Å². The number of hydrogen-bond acceptors (Lipinski definition) is 7. The Bertz CT molecular complexity index is 1380. The zero-order valence-electron chi connectivity index (χ0n) is 25.7. The lowest BCUT2D eigenvalue weighted by Gasteiger charge is -2.35. The number of aryl methyl sites for hydroxylation is 4. The number of likely N-dealkylation sites (N-methyl/N-ethyl adjacent to an activating group) is 1. The summed E-state index contributed by atoms with van der Waals surface area (Å²) in [5, 5.41) is 8.28. The zero-order valence-corrected chi connectivity index (χ0v) is 25.7. The highest BCUT2D eigenvalue weighted by Gasteiger charge is 2.27. The molecule has 0 saturated carbocycles. The van der Waals surface area contributed by atoms with E-state index in [2.05, 4.69) is 75.1 Å². The molecule has 2 aromatic heterocycles. The van der Waals surface area contributed by atoms with E-state index in [-0.39, 0.29) is 5.92 Å². The summed E-state index contributed by atoms with van der Waals surface area (Å²) in [7, 11) is 2.19. The van der Waals surface area contributed by atoms with Gasteiger partial charge in [0.1, 0.15) is 12.1 Å². The first-order valence-electron chi connectivity index (χ1n) is 16.0. The molecule has 2 fully saturated rings. The largest absolute Gasteiger partial charge is 0.370 e. The lowest BCUT2D eigenvalue weighted by molar-refractivity contribution is -0.108. The molecule has 2 unspecified atom stereocenters. The Kier molecular flexibility index (Phi) is 8.91. The third-order valence-corrected chi connectivity index (χ3v) is 9.51. The van der Waals surface area contributed by atoms with Crippen LogP contribution in [0.5, 0.6) is 0 Å². The summed E-state index contributed by atoms with van der Waals surface area (Å²) in [6, 6.07) is 13.5. The van der Waals surface area contributed by atoms with Crippen LogP contribution >= 0.6 is 0 Å². The van der Waals surface area contributed by atoms with Gasteiger partial charge in [-0.15, -0.1) is 0 Å². The summed E-state index contributed by atoms with van der Waals surface area (Å²) in [6.07, 6.45) is 7.40. The number of benzene rings is 1. The summed E-state index contributed by atoms with van der Waals surface area (Å²) in [4.78, 5) is 24.4. The van der Waals surface area contributed by atoms with Crippen LogP contribution < -0.4 is 10.2 Å². The highest BCUT2D eigenvalue weighted by Crippen LogP contribution is 2.32. The highest BCUT2D eigenvalue weighted by atomic mass is 16.1. The number of rotatable bonds is 10. The first-order valence-corrected chi connectivity index (χ1v) is 16.0. The van der Waals surface area contributed by atoms with E-state index in [1.807, 2.05) is 6.92 Å². The predicted molar refractivity (Wildman–Crippen MR) is 170 cm³/mol. The Labute approximate surface area is 251 Å². The van der Waals surface area contributed by atoms with Crippen molar-refractivity contribution in [3.05, 3.63) is 64.6 Å². The van der Waals surface area contributed by atoms with Crippen molar-refractivity contribution in [2.45, 2.75) is 58.3 Å². The molecule has 42 heavy (non-hydrogen) atoms. The maximum absolute atomic E-state index is 12.0. The molecule has 224 valence electrons. The SMILES string of the molecule is Cc1cc(C)n(-c2cc(C(CC=O)CN3CCC(CCc4ccc5c(n4)NCCC5)C3)cc(N3CCN(C)CC3)c2)n1. The number of aromatic nitrogens is 3. The Balaban J connectivity index is 1.16. The van der Waals surface area contributed by atoms with Crippen LogP contribution in [0.25, 0.3) is 5.69 Å². The number of hydrogen-bond donors (Lipinski definition) is 1. The molecule has 2 atom stereocenters. The second-order valence-corrected chi connectivity index (χ2v) is 12.8. The number of fused-ring (bicyclic) bond motifs is 1. The van der Waals surface area contributed by atoms with E-state index < -0.39 is 0 Å². The lowest BCUT2D eigenvalue weighted by Crippen LogP contribution is -2.44. The van der Waals surface area contributed by atoms with Gasteiger partial charge in [0.15, 0.2) is 0 Å². The van der Waals surface area contributed by atoms with Gasteiger partial charge in [-0.25, -0.2) is 9.67 Å². The summed E-state index contributed by atoms with van der Waals surface area (Å²) in [5.74, 6) is 1.94. The van der Waals surface area contributed by atoms with Gasteiger partial charge in [-0.3, -0.25) is 0 Å². The molecule has 8 heteroatoms. The number of carbonyl (C=O) groups is 1. The van der Waals surface area contributed by atoms with Crippen LogP contribution in [0, 0.1) is 19.8 Å². The first kappa shape index (κ1) is 28.9. The third kappa shape index (κ3) is 6.70. The van der Waals surface area contributed by atoms with Crippen LogP contribution in [0.4, 0.5) is 11.5 Å². The van der Waals surface area contributed by atoms with E-state index in [1.165, 1.54) is 41.8 Å². The predicted octanol–water partition coefficient (Wildman–Crippen LogP) is 4.62. The number of likely N-dealkylation sites (tertiary alicyclic amines) is 1. The fourth-order valence-electron chi connectivity index (χ4n) is 7.03. The van der Waals surface area contributed by atoms with Gasteiger partial charge in [0.2, 0.25) is 0 Å². The van der Waals surface area contributed by atoms with Gasteiger partial charge in [0, 0.05) is 75.2 Å². The van der Waals surface area contributed by atoms with Gasteiger partial charge in [-0.05, 0) is 107 Å². The van der Waals surface area contributed by atoms with E-state index >= 15 is 0 Å². The van der Waals surface area contributed by atoms with Crippen molar-refractivity contribution in [3.8, 4) is 5.69 Å². The summed E-state index contributed by atoms with van der Waals surface area (Å²) < 4.78 is 2.06. The smallest absolute Gasteiger partial charge is 0.129 e. The molecule has 3 aliphatic heterocycles. The monoisotopic (exact) mass is 569 g/mol. The number of aldehydes is 1. The van der Waals surface area contributed by atoms with Crippen molar-refractivity contribution in [3.63, 3.8) is 0 Å². The van der Waals surface area contributed by atoms with E-state index in [1.54, 1.807) is 0 Å². The number of nitrogens with zero attached hydrogens (tertiary/aromatic N) is 6. The van der Waals surface area contributed by atoms with Gasteiger partial charge < -0.3 is 24.8 Å². The van der Waals surface area contributed by atoms with Crippen LogP contribution in [0.1, 0.15) is 59.8 Å². The fraction of sp³-hybridized carbons (Fsp3) is 0.559. The lowest BCUT2D eigenvalue weighted by atomic mass is 9.94. The van der Waals surface area contributed by atoms with E-state index in [4.69, 9.17) is 10.1 Å². The minimum atomic E-state index is 0.165. The number of piperazine rings is 1. The van der Waals surface area contributed by atoms with Crippen molar-refractivity contribution >= 4 is 17.8 Å². The van der Waals surface area contributed by atoms with E-state index in [9.17, 15) is 4.79 Å². The quantitative estimate of drug-likeness (QED) is 0.357. The summed E-state index contributed by atoms with van der Waals surface area (Å²) in [6.45, 7) is 12.5. The molecule has 3 aliphatic rings. The maximum Gasteiger partial charge on any atom is 0.129 e. The van der Waals surface area contributed by atoms with Gasteiger partial charge in [0.25, 0.3) is 0 Å². The van der Waals surface area contributed by atoms with Crippen LogP contribution in [0.15, 0.2) is 36.4 Å². The van der Waals surface area contributed by atoms with E-state index in [0.717, 1.165) is 94.4 Å². The molecule has 1 N–H and O–H groups in total. The molecule has 0 radical (unpaired) electrons. The van der Waals surface area contributed by atoms with Crippen molar-refractivity contribution in [2.24, 2.45) is 5.92 Å². The van der Waals surface area contributed by atoms with Crippen molar-refractivity contribution in [2.75, 3.05) is 69.6 Å². The zero-order chi connectivity index (χ0) is 29.1. The van der Waals surface area contributed by atoms with Crippen molar-refractivity contribution in [1.29, 1.82) is 0 Å². The molecule has 8 nitrogen and oxygen atoms in total. The molecule has 1 aromatic carbocycles. The Morgan fingerprint density at radius 2 is 1.88 bits per heavy atom. The number of anilines is 2. The Morgan fingerprint density at radius 1 is 1.05 bits per heavy atom. The Hall–Kier alpha value is -3.23. The van der Waals surface area contributed by atoms with Gasteiger partial charge >= 0.3 is 0 Å². The molecule has 0 bridgehead atoms. The molecular weight excluding hydrogens is 522 g/mol. The van der Waals surface area contributed by atoms with E-state index in [0.29, 0.717) is 12.3 Å². The molecule has 2 saturated heterocycles. The van der Waals surface area contributed by atoms with Crippen molar-refractivity contribution < 1.29 is 4.79 Å². The molecule has 0 spiro atoms. The third-order valence-electron chi connectivity index (χ3n) is 9.51. The normalized spacial score (nSPS) is 20.4. The fourth-order valence-corrected chi connectivity index (χ4v) is 7.03. The molecule has 0 aliphatic carbocycles. The van der Waals surface area contributed by atoms with Crippen molar-refractivity contribution in [1.82, 2.24) is 24.6 Å². The van der Waals surface area contributed by atoms with Crippen LogP contribution in [0.3, 0.4) is 0 Å². The maximum atomic E-state index is 12.0. The average Bonchev–Trinajstić information content (AvgIpc) is 3.60. The molecule has 3 aromatic rings. The number of nitrogens with one attached hydrogen (secondary N) is 1. The van der Waals surface area contributed by atoms with Crippen LogP contribution in [-0.2, 0) is 17.6 Å². The summed E-state index contributed by atoms with van der Waals surface area (Å²) >= 11 is 0. The molecule has 0 amide bonds.